The Labute approximate surface area is 117 Å². The maximum atomic E-state index is 11.7. The first-order chi connectivity index (χ1) is 9.02. The van der Waals surface area contributed by atoms with Gasteiger partial charge in [0.2, 0.25) is 0 Å². The number of aromatic nitrogens is 1. The second kappa shape index (κ2) is 5.53. The Morgan fingerprint density at radius 2 is 1.89 bits per heavy atom. The highest BCUT2D eigenvalue weighted by Crippen LogP contribution is 2.32. The standard InChI is InChI=1S/C15H17NO2S/c1-9(2)13-14(10(3)17)19-15(16-13)11-5-7-12(18-4)8-6-11/h5-9H,1-4H3. The van der Waals surface area contributed by atoms with Crippen LogP contribution in [-0.4, -0.2) is 17.9 Å². The van der Waals surface area contributed by atoms with Crippen LogP contribution < -0.4 is 4.74 Å². The van der Waals surface area contributed by atoms with E-state index in [9.17, 15) is 4.79 Å². The predicted molar refractivity (Wildman–Crippen MR) is 78.2 cm³/mol. The van der Waals surface area contributed by atoms with Gasteiger partial charge in [-0.05, 0) is 30.2 Å². The highest BCUT2D eigenvalue weighted by Gasteiger charge is 2.18. The van der Waals surface area contributed by atoms with Gasteiger partial charge < -0.3 is 4.74 Å². The molecule has 0 radical (unpaired) electrons. The molecule has 1 heterocycles. The van der Waals surface area contributed by atoms with Gasteiger partial charge in [-0.25, -0.2) is 4.98 Å². The fourth-order valence-electron chi connectivity index (χ4n) is 1.83. The Morgan fingerprint density at radius 3 is 2.32 bits per heavy atom. The number of rotatable bonds is 4. The molecule has 0 atom stereocenters. The van der Waals surface area contributed by atoms with Crippen molar-refractivity contribution < 1.29 is 9.53 Å². The average molecular weight is 275 g/mol. The van der Waals surface area contributed by atoms with E-state index in [0.717, 1.165) is 26.9 Å². The number of ether oxygens (including phenoxy) is 1. The molecule has 1 aromatic carbocycles. The SMILES string of the molecule is COc1ccc(-c2nc(C(C)C)c(C(C)=O)s2)cc1. The minimum Gasteiger partial charge on any atom is -0.497 e. The van der Waals surface area contributed by atoms with E-state index in [-0.39, 0.29) is 11.7 Å². The third kappa shape index (κ3) is 2.84. The minimum absolute atomic E-state index is 0.0842. The topological polar surface area (TPSA) is 39.2 Å². The lowest BCUT2D eigenvalue weighted by Gasteiger charge is -2.01. The third-order valence-corrected chi connectivity index (χ3v) is 4.08. The van der Waals surface area contributed by atoms with Crippen LogP contribution in [0.15, 0.2) is 24.3 Å². The van der Waals surface area contributed by atoms with Crippen molar-refractivity contribution in [2.45, 2.75) is 26.7 Å². The van der Waals surface area contributed by atoms with Gasteiger partial charge in [0.1, 0.15) is 10.8 Å². The van der Waals surface area contributed by atoms with Gasteiger partial charge in [-0.2, -0.15) is 0 Å². The van der Waals surface area contributed by atoms with Crippen LogP contribution in [0.1, 0.15) is 42.1 Å². The molecule has 0 spiro atoms. The van der Waals surface area contributed by atoms with Crippen LogP contribution in [0.3, 0.4) is 0 Å². The number of Topliss-reactive ketones (excluding diaryl/α,β-unsaturated/α-hetero) is 1. The van der Waals surface area contributed by atoms with E-state index in [2.05, 4.69) is 18.8 Å². The number of nitrogens with zero attached hydrogens (tertiary/aromatic N) is 1. The van der Waals surface area contributed by atoms with Crippen LogP contribution >= 0.6 is 11.3 Å². The summed E-state index contributed by atoms with van der Waals surface area (Å²) < 4.78 is 5.14. The number of hydrogen-bond acceptors (Lipinski definition) is 4. The first-order valence-electron chi connectivity index (χ1n) is 6.19. The molecule has 0 aliphatic rings. The zero-order valence-electron chi connectivity index (χ0n) is 11.6. The number of hydrogen-bond donors (Lipinski definition) is 0. The van der Waals surface area contributed by atoms with Gasteiger partial charge in [0, 0.05) is 12.5 Å². The van der Waals surface area contributed by atoms with Crippen molar-refractivity contribution in [3.8, 4) is 16.3 Å². The van der Waals surface area contributed by atoms with Gasteiger partial charge in [-0.15, -0.1) is 11.3 Å². The number of carbonyl (C=O) groups is 1. The fourth-order valence-corrected chi connectivity index (χ4v) is 2.95. The highest BCUT2D eigenvalue weighted by atomic mass is 32.1. The molecule has 0 bridgehead atoms. The molecule has 2 aromatic rings. The van der Waals surface area contributed by atoms with Crippen LogP contribution in [-0.2, 0) is 0 Å². The van der Waals surface area contributed by atoms with Crippen molar-refractivity contribution in [2.75, 3.05) is 7.11 Å². The molecule has 0 fully saturated rings. The van der Waals surface area contributed by atoms with Crippen molar-refractivity contribution >= 4 is 17.1 Å². The molecule has 0 saturated heterocycles. The van der Waals surface area contributed by atoms with Crippen LogP contribution in [0.2, 0.25) is 0 Å². The molecule has 4 heteroatoms. The van der Waals surface area contributed by atoms with Gasteiger partial charge in [-0.3, -0.25) is 4.79 Å². The molecule has 2 rings (SSSR count). The number of carbonyl (C=O) groups excluding carboxylic acids is 1. The van der Waals surface area contributed by atoms with E-state index in [0.29, 0.717) is 0 Å². The van der Waals surface area contributed by atoms with Gasteiger partial charge in [-0.1, -0.05) is 13.8 Å². The molecule has 1 aromatic heterocycles. The van der Waals surface area contributed by atoms with Gasteiger partial charge in [0.25, 0.3) is 0 Å². The number of benzene rings is 1. The van der Waals surface area contributed by atoms with E-state index in [4.69, 9.17) is 4.74 Å². The Bertz CT molecular complexity index is 585. The molecule has 0 unspecified atom stereocenters. The zero-order valence-corrected chi connectivity index (χ0v) is 12.4. The van der Waals surface area contributed by atoms with E-state index < -0.39 is 0 Å². The molecule has 0 N–H and O–H groups in total. The van der Waals surface area contributed by atoms with Crippen LogP contribution in [0.25, 0.3) is 10.6 Å². The Kier molecular flexibility index (Phi) is 4.00. The normalized spacial score (nSPS) is 10.8. The van der Waals surface area contributed by atoms with E-state index in [1.807, 2.05) is 24.3 Å². The lowest BCUT2D eigenvalue weighted by molar-refractivity contribution is 0.102. The smallest absolute Gasteiger partial charge is 0.171 e. The Hall–Kier alpha value is -1.68. The molecule has 0 aliphatic carbocycles. The lowest BCUT2D eigenvalue weighted by Crippen LogP contribution is -1.97. The van der Waals surface area contributed by atoms with Crippen LogP contribution in [0.5, 0.6) is 5.75 Å². The average Bonchev–Trinajstić information content (AvgIpc) is 2.84. The molecular weight excluding hydrogens is 258 g/mol. The zero-order chi connectivity index (χ0) is 14.0. The molecule has 3 nitrogen and oxygen atoms in total. The largest absolute Gasteiger partial charge is 0.497 e. The molecule has 0 saturated carbocycles. The molecule has 100 valence electrons. The Morgan fingerprint density at radius 1 is 1.26 bits per heavy atom. The third-order valence-electron chi connectivity index (χ3n) is 2.86. The van der Waals surface area contributed by atoms with Crippen molar-refractivity contribution in [3.05, 3.63) is 34.8 Å². The van der Waals surface area contributed by atoms with Crippen molar-refractivity contribution in [3.63, 3.8) is 0 Å². The fraction of sp³-hybridized carbons (Fsp3) is 0.333. The Balaban J connectivity index is 2.44. The highest BCUT2D eigenvalue weighted by molar-refractivity contribution is 7.17. The minimum atomic E-state index is 0.0842. The predicted octanol–water partition coefficient (Wildman–Crippen LogP) is 4.14. The van der Waals surface area contributed by atoms with E-state index in [1.54, 1.807) is 14.0 Å². The number of thiazole rings is 1. The number of methoxy groups -OCH3 is 1. The van der Waals surface area contributed by atoms with Gasteiger partial charge in [0.15, 0.2) is 5.78 Å². The maximum absolute atomic E-state index is 11.7. The summed E-state index contributed by atoms with van der Waals surface area (Å²) in [5.74, 6) is 1.15. The molecule has 0 aliphatic heterocycles. The quantitative estimate of drug-likeness (QED) is 0.787. The molecule has 0 amide bonds. The van der Waals surface area contributed by atoms with Crippen LogP contribution in [0, 0.1) is 0 Å². The molecular formula is C15H17NO2S. The second-order valence-electron chi connectivity index (χ2n) is 4.67. The summed E-state index contributed by atoms with van der Waals surface area (Å²) in [5.41, 5.74) is 1.91. The summed E-state index contributed by atoms with van der Waals surface area (Å²) in [6, 6.07) is 7.73. The first-order valence-corrected chi connectivity index (χ1v) is 7.00. The summed E-state index contributed by atoms with van der Waals surface area (Å²) in [6.45, 7) is 5.70. The summed E-state index contributed by atoms with van der Waals surface area (Å²) in [7, 11) is 1.64. The lowest BCUT2D eigenvalue weighted by atomic mass is 10.1. The molecule has 19 heavy (non-hydrogen) atoms. The van der Waals surface area contributed by atoms with Gasteiger partial charge in [0.05, 0.1) is 17.7 Å². The maximum Gasteiger partial charge on any atom is 0.171 e. The monoisotopic (exact) mass is 275 g/mol. The first kappa shape index (κ1) is 13.7. The second-order valence-corrected chi connectivity index (χ2v) is 5.67. The summed E-state index contributed by atoms with van der Waals surface area (Å²) in [6.07, 6.45) is 0. The van der Waals surface area contributed by atoms with Crippen molar-refractivity contribution in [1.82, 2.24) is 4.98 Å². The van der Waals surface area contributed by atoms with Gasteiger partial charge >= 0.3 is 0 Å². The number of ketones is 1. The summed E-state index contributed by atoms with van der Waals surface area (Å²) >= 11 is 1.46. The summed E-state index contributed by atoms with van der Waals surface area (Å²) in [4.78, 5) is 17.0. The van der Waals surface area contributed by atoms with E-state index >= 15 is 0 Å². The van der Waals surface area contributed by atoms with Crippen LogP contribution in [0.4, 0.5) is 0 Å². The van der Waals surface area contributed by atoms with Crippen molar-refractivity contribution in [1.29, 1.82) is 0 Å². The van der Waals surface area contributed by atoms with Crippen molar-refractivity contribution in [2.24, 2.45) is 0 Å². The summed E-state index contributed by atoms with van der Waals surface area (Å²) in [5, 5.41) is 0.886. The van der Waals surface area contributed by atoms with E-state index in [1.165, 1.54) is 11.3 Å².